The maximum atomic E-state index is 6.42. The van der Waals surface area contributed by atoms with Crippen LogP contribution in [0.2, 0.25) is 5.02 Å². The van der Waals surface area contributed by atoms with Gasteiger partial charge in [0.25, 0.3) is 0 Å². The van der Waals surface area contributed by atoms with Crippen molar-refractivity contribution in [2.75, 3.05) is 6.61 Å². The van der Waals surface area contributed by atoms with E-state index in [0.717, 1.165) is 28.5 Å². The first-order valence-electron chi connectivity index (χ1n) is 8.77. The van der Waals surface area contributed by atoms with Gasteiger partial charge in [0.1, 0.15) is 11.6 Å². The molecule has 3 aromatic rings. The summed E-state index contributed by atoms with van der Waals surface area (Å²) in [6, 6.07) is 11.8. The van der Waals surface area contributed by atoms with Crippen LogP contribution in [0.4, 0.5) is 0 Å². The van der Waals surface area contributed by atoms with E-state index in [4.69, 9.17) is 22.1 Å². The summed E-state index contributed by atoms with van der Waals surface area (Å²) < 4.78 is 5.80. The van der Waals surface area contributed by atoms with Crippen LogP contribution >= 0.6 is 11.6 Å². The van der Waals surface area contributed by atoms with E-state index in [0.29, 0.717) is 23.4 Å². The molecule has 0 bridgehead atoms. The summed E-state index contributed by atoms with van der Waals surface area (Å²) in [7, 11) is 0. The fourth-order valence-electron chi connectivity index (χ4n) is 3.25. The summed E-state index contributed by atoms with van der Waals surface area (Å²) in [5.41, 5.74) is 8.79. The molecule has 0 spiro atoms. The van der Waals surface area contributed by atoms with Crippen LogP contribution < -0.4 is 10.5 Å². The lowest BCUT2D eigenvalue weighted by Crippen LogP contribution is -2.43. The zero-order chi connectivity index (χ0) is 18.7. The first-order chi connectivity index (χ1) is 12.4. The van der Waals surface area contributed by atoms with Gasteiger partial charge in [0.2, 0.25) is 5.88 Å². The van der Waals surface area contributed by atoms with Crippen LogP contribution in [0.5, 0.6) is 5.88 Å². The fourth-order valence-corrected chi connectivity index (χ4v) is 3.47. The zero-order valence-corrected chi connectivity index (χ0v) is 16.1. The predicted octanol–water partition coefficient (Wildman–Crippen LogP) is 5.09. The molecule has 4 nitrogen and oxygen atoms in total. The third-order valence-electron chi connectivity index (χ3n) is 4.18. The van der Waals surface area contributed by atoms with Crippen molar-refractivity contribution < 1.29 is 4.74 Å². The van der Waals surface area contributed by atoms with Crippen molar-refractivity contribution in [3.63, 3.8) is 0 Å². The Hall–Kier alpha value is -2.17. The van der Waals surface area contributed by atoms with Crippen LogP contribution in [0.3, 0.4) is 0 Å². The third kappa shape index (κ3) is 4.32. The van der Waals surface area contributed by atoms with Gasteiger partial charge in [-0.2, -0.15) is 0 Å². The van der Waals surface area contributed by atoms with Crippen LogP contribution in [0, 0.1) is 5.92 Å². The van der Waals surface area contributed by atoms with E-state index in [1.54, 1.807) is 12.4 Å². The summed E-state index contributed by atoms with van der Waals surface area (Å²) in [5, 5.41) is 1.54. The Balaban J connectivity index is 1.84. The lowest BCUT2D eigenvalue weighted by molar-refractivity contribution is 0.201. The third-order valence-corrected chi connectivity index (χ3v) is 4.45. The Labute approximate surface area is 159 Å². The number of benzene rings is 1. The second-order valence-corrected chi connectivity index (χ2v) is 7.83. The molecule has 0 saturated carbocycles. The minimum absolute atomic E-state index is 0.370. The highest BCUT2D eigenvalue weighted by Crippen LogP contribution is 2.32. The number of ether oxygens (including phenoxy) is 1. The topological polar surface area (TPSA) is 61.0 Å². The van der Waals surface area contributed by atoms with Crippen LogP contribution in [0.15, 0.2) is 48.8 Å². The van der Waals surface area contributed by atoms with Crippen LogP contribution in [-0.4, -0.2) is 22.1 Å². The molecule has 0 aliphatic rings. The van der Waals surface area contributed by atoms with Crippen LogP contribution in [0.25, 0.3) is 22.0 Å². The largest absolute Gasteiger partial charge is 0.475 e. The Bertz CT molecular complexity index is 903. The predicted molar refractivity (Wildman–Crippen MR) is 108 cm³/mol. The van der Waals surface area contributed by atoms with Crippen molar-refractivity contribution in [1.82, 2.24) is 9.97 Å². The molecule has 2 N–H and O–H groups in total. The van der Waals surface area contributed by atoms with Gasteiger partial charge in [0, 0.05) is 28.9 Å². The number of rotatable bonds is 6. The summed E-state index contributed by atoms with van der Waals surface area (Å²) >= 11 is 6.42. The lowest BCUT2D eigenvalue weighted by Gasteiger charge is -2.26. The van der Waals surface area contributed by atoms with E-state index < -0.39 is 5.54 Å². The number of nitrogens with two attached hydrogens (primary N) is 1. The normalized spacial score (nSPS) is 13.8. The number of para-hydroxylation sites is 1. The number of halogens is 1. The zero-order valence-electron chi connectivity index (χ0n) is 15.4. The van der Waals surface area contributed by atoms with Gasteiger partial charge in [-0.05, 0) is 43.0 Å². The molecule has 0 aliphatic carbocycles. The maximum absolute atomic E-state index is 6.42. The number of pyridine rings is 2. The molecule has 0 aliphatic heterocycles. The second-order valence-electron chi connectivity index (χ2n) is 7.43. The molecule has 1 aromatic carbocycles. The highest BCUT2D eigenvalue weighted by molar-refractivity contribution is 6.32. The van der Waals surface area contributed by atoms with Gasteiger partial charge in [-0.25, -0.2) is 4.98 Å². The second kappa shape index (κ2) is 7.60. The molecular formula is C21H24ClN3O. The number of nitrogens with zero attached hydrogens (tertiary/aromatic N) is 2. The molecule has 0 radical (unpaired) electrons. The Morgan fingerprint density at radius 3 is 2.69 bits per heavy atom. The van der Waals surface area contributed by atoms with Crippen molar-refractivity contribution in [1.29, 1.82) is 0 Å². The van der Waals surface area contributed by atoms with E-state index in [2.05, 4.69) is 23.8 Å². The monoisotopic (exact) mass is 369 g/mol. The average molecular weight is 370 g/mol. The molecule has 2 aromatic heterocycles. The summed E-state index contributed by atoms with van der Waals surface area (Å²) in [6.07, 6.45) is 4.44. The molecule has 0 fully saturated rings. The minimum atomic E-state index is -0.418. The first kappa shape index (κ1) is 18.6. The number of hydrogen-bond donors (Lipinski definition) is 1. The van der Waals surface area contributed by atoms with Gasteiger partial charge in [0.05, 0.1) is 5.52 Å². The van der Waals surface area contributed by atoms with E-state index >= 15 is 0 Å². The van der Waals surface area contributed by atoms with E-state index in [1.165, 1.54) is 0 Å². The number of aromatic nitrogens is 2. The SMILES string of the molecule is CC(C)CC(C)(N)COc1ncc(-c2ccnc3ccccc23)cc1Cl. The molecule has 0 amide bonds. The summed E-state index contributed by atoms with van der Waals surface area (Å²) in [5.74, 6) is 0.911. The van der Waals surface area contributed by atoms with Crippen molar-refractivity contribution in [2.45, 2.75) is 32.7 Å². The quantitative estimate of drug-likeness (QED) is 0.657. The molecular weight excluding hydrogens is 346 g/mol. The Morgan fingerprint density at radius 2 is 1.96 bits per heavy atom. The molecule has 1 atom stereocenters. The molecule has 26 heavy (non-hydrogen) atoms. The maximum Gasteiger partial charge on any atom is 0.232 e. The minimum Gasteiger partial charge on any atom is -0.475 e. The molecule has 0 saturated heterocycles. The molecule has 1 unspecified atom stereocenters. The Morgan fingerprint density at radius 1 is 1.19 bits per heavy atom. The summed E-state index contributed by atoms with van der Waals surface area (Å²) in [6.45, 7) is 6.64. The first-order valence-corrected chi connectivity index (χ1v) is 9.15. The van der Waals surface area contributed by atoms with E-state index in [9.17, 15) is 0 Å². The highest BCUT2D eigenvalue weighted by atomic mass is 35.5. The summed E-state index contributed by atoms with van der Waals surface area (Å²) in [4.78, 5) is 8.81. The fraction of sp³-hybridized carbons (Fsp3) is 0.333. The average Bonchev–Trinajstić information content (AvgIpc) is 2.59. The van der Waals surface area contributed by atoms with Crippen LogP contribution in [0.1, 0.15) is 27.2 Å². The molecule has 3 rings (SSSR count). The van der Waals surface area contributed by atoms with Gasteiger partial charge in [-0.3, -0.25) is 4.98 Å². The van der Waals surface area contributed by atoms with E-state index in [-0.39, 0.29) is 0 Å². The number of hydrogen-bond acceptors (Lipinski definition) is 4. The molecule has 2 heterocycles. The van der Waals surface area contributed by atoms with E-state index in [1.807, 2.05) is 43.3 Å². The Kier molecular flexibility index (Phi) is 5.44. The molecule has 136 valence electrons. The molecule has 5 heteroatoms. The van der Waals surface area contributed by atoms with Gasteiger partial charge < -0.3 is 10.5 Å². The van der Waals surface area contributed by atoms with Crippen molar-refractivity contribution in [2.24, 2.45) is 11.7 Å². The van der Waals surface area contributed by atoms with Crippen LogP contribution in [-0.2, 0) is 0 Å². The number of fused-ring (bicyclic) bond motifs is 1. The van der Waals surface area contributed by atoms with Gasteiger partial charge in [0.15, 0.2) is 0 Å². The van der Waals surface area contributed by atoms with Crippen molar-refractivity contribution >= 4 is 22.5 Å². The van der Waals surface area contributed by atoms with Gasteiger partial charge in [-0.15, -0.1) is 0 Å². The van der Waals surface area contributed by atoms with Crippen molar-refractivity contribution in [3.8, 4) is 17.0 Å². The van der Waals surface area contributed by atoms with Gasteiger partial charge >= 0.3 is 0 Å². The standard InChI is InChI=1S/C21H24ClN3O/c1-14(2)11-21(3,23)13-26-20-18(22)10-15(12-25-20)16-8-9-24-19-7-5-4-6-17(16)19/h4-10,12,14H,11,13,23H2,1-3H3. The van der Waals surface area contributed by atoms with Crippen molar-refractivity contribution in [3.05, 3.63) is 53.8 Å². The van der Waals surface area contributed by atoms with Gasteiger partial charge in [-0.1, -0.05) is 43.6 Å². The lowest BCUT2D eigenvalue weighted by atomic mass is 9.93. The smallest absolute Gasteiger partial charge is 0.232 e. The highest BCUT2D eigenvalue weighted by Gasteiger charge is 2.22.